The molecule has 1 heterocycles. The molecule has 0 radical (unpaired) electrons. The van der Waals surface area contributed by atoms with Crippen LogP contribution in [0.2, 0.25) is 0 Å². The molecule has 0 saturated carbocycles. The third-order valence-corrected chi connectivity index (χ3v) is 4.35. The molecule has 1 aromatic heterocycles. The van der Waals surface area contributed by atoms with Gasteiger partial charge in [-0.05, 0) is 30.8 Å². The van der Waals surface area contributed by atoms with Crippen LogP contribution in [0.25, 0.3) is 0 Å². The van der Waals surface area contributed by atoms with Crippen molar-refractivity contribution in [2.24, 2.45) is 5.41 Å². The first-order valence-electron chi connectivity index (χ1n) is 7.22. The monoisotopic (exact) mass is 305 g/mol. The van der Waals surface area contributed by atoms with E-state index in [2.05, 4.69) is 37.8 Å². The van der Waals surface area contributed by atoms with Crippen LogP contribution >= 0.6 is 12.2 Å². The highest BCUT2D eigenvalue weighted by Gasteiger charge is 2.43. The molecule has 2 aromatic rings. The second-order valence-electron chi connectivity index (χ2n) is 6.27. The van der Waals surface area contributed by atoms with Crippen LogP contribution in [0.1, 0.15) is 34.1 Å². The van der Waals surface area contributed by atoms with E-state index in [-0.39, 0.29) is 11.0 Å². The maximum atomic E-state index is 6.43. The summed E-state index contributed by atoms with van der Waals surface area (Å²) in [5.74, 6) is 0.875. The Morgan fingerprint density at radius 1 is 1.24 bits per heavy atom. The third kappa shape index (κ3) is 3.35. The Hall–Kier alpha value is -1.62. The number of ether oxygens (including phenoxy) is 1. The molecule has 1 atom stereocenters. The van der Waals surface area contributed by atoms with Crippen molar-refractivity contribution in [2.75, 3.05) is 0 Å². The summed E-state index contributed by atoms with van der Waals surface area (Å²) in [6.07, 6.45) is 2.49. The van der Waals surface area contributed by atoms with Crippen LogP contribution in [-0.4, -0.2) is 20.4 Å². The van der Waals surface area contributed by atoms with Gasteiger partial charge in [0.1, 0.15) is 17.7 Å². The van der Waals surface area contributed by atoms with Gasteiger partial charge >= 0.3 is 0 Å². The summed E-state index contributed by atoms with van der Waals surface area (Å²) < 4.78 is 8.85. The summed E-state index contributed by atoms with van der Waals surface area (Å²) in [4.78, 5) is 4.09. The summed E-state index contributed by atoms with van der Waals surface area (Å²) in [6, 6.07) is 9.94. The van der Waals surface area contributed by atoms with Crippen molar-refractivity contribution in [3.63, 3.8) is 0 Å². The van der Waals surface area contributed by atoms with Gasteiger partial charge in [0.2, 0.25) is 4.77 Å². The molecule has 0 saturated heterocycles. The summed E-state index contributed by atoms with van der Waals surface area (Å²) in [5, 5.41) is 3.07. The topological polar surface area (TPSA) is 42.8 Å². The molecular weight excluding hydrogens is 282 g/mol. The van der Waals surface area contributed by atoms with Crippen molar-refractivity contribution in [3.05, 3.63) is 41.4 Å². The minimum Gasteiger partial charge on any atom is -0.485 e. The van der Waals surface area contributed by atoms with E-state index in [1.54, 1.807) is 6.33 Å². The van der Waals surface area contributed by atoms with Crippen molar-refractivity contribution >= 4 is 12.2 Å². The predicted octanol–water partition coefficient (Wildman–Crippen LogP) is 4.21. The highest BCUT2D eigenvalue weighted by Crippen LogP contribution is 2.39. The summed E-state index contributed by atoms with van der Waals surface area (Å²) in [6.45, 7) is 9.37. The Labute approximate surface area is 131 Å². The van der Waals surface area contributed by atoms with E-state index in [4.69, 9.17) is 17.0 Å². The van der Waals surface area contributed by atoms with Gasteiger partial charge in [0, 0.05) is 5.41 Å². The number of aromatic nitrogens is 3. The normalized spacial score (nSPS) is 14.7. The third-order valence-electron chi connectivity index (χ3n) is 4.03. The first kappa shape index (κ1) is 15.8. The Balaban J connectivity index is 2.39. The van der Waals surface area contributed by atoms with Crippen LogP contribution in [0.5, 0.6) is 5.75 Å². The van der Waals surface area contributed by atoms with E-state index < -0.39 is 0 Å². The number of rotatable bonds is 5. The van der Waals surface area contributed by atoms with Crippen molar-refractivity contribution in [2.45, 2.75) is 46.3 Å². The number of para-hydroxylation sites is 1. The fraction of sp³-hybridized carbons (Fsp3) is 0.500. The van der Waals surface area contributed by atoms with Crippen LogP contribution in [-0.2, 0) is 6.54 Å². The van der Waals surface area contributed by atoms with Gasteiger partial charge in [0.25, 0.3) is 0 Å². The Kier molecular flexibility index (Phi) is 4.52. The quantitative estimate of drug-likeness (QED) is 0.841. The minimum atomic E-state index is -0.376. The zero-order valence-corrected chi connectivity index (χ0v) is 13.9. The molecular formula is C16H23N3OS. The van der Waals surface area contributed by atoms with E-state index in [0.29, 0.717) is 11.3 Å². The van der Waals surface area contributed by atoms with Crippen LogP contribution < -0.4 is 4.74 Å². The molecule has 0 bridgehead atoms. The van der Waals surface area contributed by atoms with Gasteiger partial charge in [0.15, 0.2) is 0 Å². The number of nitrogens with one attached hydrogen (secondary N) is 1. The van der Waals surface area contributed by atoms with Gasteiger partial charge in [-0.25, -0.2) is 4.98 Å². The molecule has 1 aromatic carbocycles. The van der Waals surface area contributed by atoms with Crippen LogP contribution in [0.3, 0.4) is 0 Å². The van der Waals surface area contributed by atoms with Gasteiger partial charge in [0.05, 0.1) is 6.54 Å². The van der Waals surface area contributed by atoms with E-state index in [9.17, 15) is 0 Å². The lowest BCUT2D eigenvalue weighted by molar-refractivity contribution is -0.0531. The first-order chi connectivity index (χ1) is 9.88. The molecule has 114 valence electrons. The van der Waals surface area contributed by atoms with E-state index in [1.165, 1.54) is 0 Å². The second kappa shape index (κ2) is 6.02. The Bertz CT molecular complexity index is 627. The van der Waals surface area contributed by atoms with Gasteiger partial charge in [-0.1, -0.05) is 45.9 Å². The van der Waals surface area contributed by atoms with Crippen LogP contribution in [0.15, 0.2) is 36.7 Å². The average Bonchev–Trinajstić information content (AvgIpc) is 2.83. The lowest BCUT2D eigenvalue weighted by atomic mass is 9.74. The van der Waals surface area contributed by atoms with Gasteiger partial charge in [-0.3, -0.25) is 9.78 Å². The molecule has 0 fully saturated rings. The van der Waals surface area contributed by atoms with Crippen molar-refractivity contribution < 1.29 is 4.74 Å². The Morgan fingerprint density at radius 3 is 2.38 bits per heavy atom. The maximum absolute atomic E-state index is 6.43. The number of H-pyrrole nitrogens is 1. The molecule has 0 aliphatic heterocycles. The van der Waals surface area contributed by atoms with Crippen molar-refractivity contribution in [3.8, 4) is 5.75 Å². The summed E-state index contributed by atoms with van der Waals surface area (Å²) in [5.41, 5.74) is -0.434. The Morgan fingerprint density at radius 2 is 1.90 bits per heavy atom. The highest BCUT2D eigenvalue weighted by molar-refractivity contribution is 7.71. The summed E-state index contributed by atoms with van der Waals surface area (Å²) in [7, 11) is 0. The molecule has 0 aliphatic rings. The zero-order valence-electron chi connectivity index (χ0n) is 13.1. The summed E-state index contributed by atoms with van der Waals surface area (Å²) >= 11 is 5.25. The maximum Gasteiger partial charge on any atom is 0.215 e. The number of nitrogens with zero attached hydrogens (tertiary/aromatic N) is 2. The minimum absolute atomic E-state index is 0.0581. The van der Waals surface area contributed by atoms with Crippen molar-refractivity contribution in [1.82, 2.24) is 14.8 Å². The van der Waals surface area contributed by atoms with Crippen LogP contribution in [0.4, 0.5) is 0 Å². The van der Waals surface area contributed by atoms with E-state index in [1.807, 2.05) is 35.0 Å². The van der Waals surface area contributed by atoms with Crippen LogP contribution in [0, 0.1) is 10.2 Å². The van der Waals surface area contributed by atoms with Gasteiger partial charge in [-0.15, -0.1) is 0 Å². The zero-order chi connectivity index (χ0) is 15.5. The molecule has 5 heteroatoms. The largest absolute Gasteiger partial charge is 0.485 e. The van der Waals surface area contributed by atoms with Crippen molar-refractivity contribution in [1.29, 1.82) is 0 Å². The standard InChI is InChI=1S/C16H23N3OS/c1-5-16(15(2,3)4,11-19-14(21)17-12-18-19)20-13-9-7-6-8-10-13/h6-10,12H,5,11H2,1-4H3,(H,17,18,21). The second-order valence-corrected chi connectivity index (χ2v) is 6.63. The smallest absolute Gasteiger partial charge is 0.215 e. The average molecular weight is 305 g/mol. The van der Waals surface area contributed by atoms with E-state index in [0.717, 1.165) is 12.2 Å². The molecule has 0 spiro atoms. The van der Waals surface area contributed by atoms with E-state index >= 15 is 0 Å². The van der Waals surface area contributed by atoms with Gasteiger partial charge < -0.3 is 4.74 Å². The fourth-order valence-electron chi connectivity index (χ4n) is 2.50. The first-order valence-corrected chi connectivity index (χ1v) is 7.63. The molecule has 0 amide bonds. The van der Waals surface area contributed by atoms with Gasteiger partial charge in [-0.2, -0.15) is 0 Å². The molecule has 0 aliphatic carbocycles. The molecule has 21 heavy (non-hydrogen) atoms. The lowest BCUT2D eigenvalue weighted by Crippen LogP contribution is -2.51. The number of benzene rings is 1. The highest BCUT2D eigenvalue weighted by atomic mass is 32.1. The number of aromatic amines is 1. The molecule has 1 unspecified atom stereocenters. The molecule has 1 N–H and O–H groups in total. The molecule has 2 rings (SSSR count). The predicted molar refractivity (Wildman–Crippen MR) is 87.0 cm³/mol. The lowest BCUT2D eigenvalue weighted by Gasteiger charge is -2.44. The number of hydrogen-bond acceptors (Lipinski definition) is 3. The molecule has 4 nitrogen and oxygen atoms in total. The fourth-order valence-corrected chi connectivity index (χ4v) is 2.67. The SMILES string of the molecule is CCC(Cn1[nH]cnc1=S)(Oc1ccccc1)C(C)(C)C. The number of hydrogen-bond donors (Lipinski definition) is 1.